The number of anilines is 1. The van der Waals surface area contributed by atoms with Crippen LogP contribution < -0.4 is 10.6 Å². The van der Waals surface area contributed by atoms with Gasteiger partial charge in [0.1, 0.15) is 0 Å². The Hall–Kier alpha value is -1.90. The van der Waals surface area contributed by atoms with E-state index in [1.165, 1.54) is 4.88 Å². The topological polar surface area (TPSA) is 71.8 Å². The monoisotopic (exact) mass is 453 g/mol. The number of halogens is 2. The van der Waals surface area contributed by atoms with Crippen molar-refractivity contribution in [3.05, 3.63) is 50.4 Å². The Morgan fingerprint density at radius 3 is 3.00 bits per heavy atom. The third-order valence-electron chi connectivity index (χ3n) is 4.21. The van der Waals surface area contributed by atoms with Gasteiger partial charge in [0.2, 0.25) is 5.95 Å². The lowest BCUT2D eigenvalue weighted by Gasteiger charge is -2.14. The van der Waals surface area contributed by atoms with Crippen molar-refractivity contribution in [1.29, 1.82) is 0 Å². The third kappa shape index (κ3) is 3.62. The lowest BCUT2D eigenvalue weighted by Crippen LogP contribution is -2.31. The van der Waals surface area contributed by atoms with E-state index in [4.69, 9.17) is 0 Å². The highest BCUT2D eigenvalue weighted by Crippen LogP contribution is 2.26. The molecule has 1 aliphatic heterocycles. The van der Waals surface area contributed by atoms with Crippen molar-refractivity contribution in [3.63, 3.8) is 0 Å². The average Bonchev–Trinajstić information content (AvgIpc) is 3.18. The van der Waals surface area contributed by atoms with E-state index < -0.39 is 0 Å². The van der Waals surface area contributed by atoms with E-state index in [2.05, 4.69) is 47.2 Å². The van der Waals surface area contributed by atoms with E-state index >= 15 is 0 Å². The molecule has 0 aromatic carbocycles. The molecule has 0 saturated carbocycles. The van der Waals surface area contributed by atoms with Gasteiger partial charge < -0.3 is 15.2 Å². The fraction of sp³-hybridized carbons (Fsp3) is 0.235. The number of hydrogen-bond donors (Lipinski definition) is 2. The van der Waals surface area contributed by atoms with Gasteiger partial charge in [-0.05, 0) is 34.1 Å². The highest BCUT2D eigenvalue weighted by Gasteiger charge is 2.23. The number of aromatic nitrogens is 3. The number of nitrogens with zero attached hydrogens (tertiary/aromatic N) is 3. The van der Waals surface area contributed by atoms with Crippen LogP contribution in [0.25, 0.3) is 11.4 Å². The van der Waals surface area contributed by atoms with Crippen LogP contribution >= 0.6 is 39.7 Å². The molecule has 3 aromatic heterocycles. The van der Waals surface area contributed by atoms with Crippen molar-refractivity contribution in [3.8, 4) is 11.4 Å². The smallest absolute Gasteiger partial charge is 0.253 e. The summed E-state index contributed by atoms with van der Waals surface area (Å²) in [6, 6.07) is 5.85. The zero-order valence-corrected chi connectivity index (χ0v) is 17.2. The summed E-state index contributed by atoms with van der Waals surface area (Å²) in [5.41, 5.74) is 3.51. The number of carbonyl (C=O) groups excluding carboxylic acids is 1. The van der Waals surface area contributed by atoms with Crippen molar-refractivity contribution in [2.45, 2.75) is 13.0 Å². The molecular formula is C17H17BrClN5OS. The van der Waals surface area contributed by atoms with Crippen LogP contribution in [0.3, 0.4) is 0 Å². The van der Waals surface area contributed by atoms with Gasteiger partial charge in [0, 0.05) is 46.6 Å². The third-order valence-corrected chi connectivity index (χ3v) is 5.91. The molecular weight excluding hydrogens is 438 g/mol. The molecule has 0 saturated heterocycles. The van der Waals surface area contributed by atoms with E-state index in [-0.39, 0.29) is 18.3 Å². The highest BCUT2D eigenvalue weighted by molar-refractivity contribution is 9.10. The Morgan fingerprint density at radius 1 is 1.42 bits per heavy atom. The fourth-order valence-electron chi connectivity index (χ4n) is 2.98. The summed E-state index contributed by atoms with van der Waals surface area (Å²) in [6.07, 6.45) is 2.57. The van der Waals surface area contributed by atoms with Crippen LogP contribution in [0.2, 0.25) is 0 Å². The molecule has 0 spiro atoms. The van der Waals surface area contributed by atoms with Crippen LogP contribution in [-0.4, -0.2) is 27.0 Å². The van der Waals surface area contributed by atoms with Gasteiger partial charge in [-0.15, -0.1) is 23.7 Å². The van der Waals surface area contributed by atoms with Crippen molar-refractivity contribution in [1.82, 2.24) is 19.9 Å². The van der Waals surface area contributed by atoms with Gasteiger partial charge in [-0.25, -0.2) is 9.97 Å². The summed E-state index contributed by atoms with van der Waals surface area (Å²) in [6.45, 7) is 1.35. The van der Waals surface area contributed by atoms with Gasteiger partial charge in [-0.2, -0.15) is 0 Å². The van der Waals surface area contributed by atoms with Crippen LogP contribution in [0, 0.1) is 0 Å². The molecule has 9 heteroatoms. The fourth-order valence-corrected chi connectivity index (χ4v) is 4.37. The van der Waals surface area contributed by atoms with Crippen molar-refractivity contribution in [2.75, 3.05) is 11.9 Å². The Bertz CT molecular complexity index is 955. The van der Waals surface area contributed by atoms with E-state index in [1.807, 2.05) is 24.6 Å². The summed E-state index contributed by atoms with van der Waals surface area (Å²) in [5, 5.41) is 8.18. The maximum Gasteiger partial charge on any atom is 0.253 e. The number of amides is 1. The number of fused-ring (bicyclic) bond motifs is 1. The molecule has 1 amide bonds. The summed E-state index contributed by atoms with van der Waals surface area (Å²) >= 11 is 5.13. The zero-order valence-electron chi connectivity index (χ0n) is 14.0. The number of rotatable bonds is 4. The molecule has 4 rings (SSSR count). The molecule has 0 aliphatic carbocycles. The first kappa shape index (κ1) is 18.9. The van der Waals surface area contributed by atoms with Gasteiger partial charge in [-0.1, -0.05) is 0 Å². The first-order chi connectivity index (χ1) is 12.1. The molecule has 4 heterocycles. The summed E-state index contributed by atoms with van der Waals surface area (Å²) < 4.78 is 3.13. The summed E-state index contributed by atoms with van der Waals surface area (Å²) in [4.78, 5) is 22.1. The predicted molar refractivity (Wildman–Crippen MR) is 109 cm³/mol. The van der Waals surface area contributed by atoms with Crippen LogP contribution in [0.1, 0.15) is 20.9 Å². The van der Waals surface area contributed by atoms with E-state index in [9.17, 15) is 4.79 Å². The molecule has 0 bridgehead atoms. The normalized spacial score (nSPS) is 12.9. The molecule has 6 nitrogen and oxygen atoms in total. The van der Waals surface area contributed by atoms with Gasteiger partial charge >= 0.3 is 0 Å². The minimum absolute atomic E-state index is 0. The molecule has 0 unspecified atom stereocenters. The molecule has 3 aromatic rings. The minimum atomic E-state index is -0.0150. The molecule has 26 heavy (non-hydrogen) atoms. The van der Waals surface area contributed by atoms with Gasteiger partial charge in [0.25, 0.3) is 5.91 Å². The standard InChI is InChI=1S/C17H16BrN5OS.ClH/c1-23-14-3-5-19-16(24)12(14)7-15(23)13-2-4-20-17(22-13)21-8-11-6-10(18)9-25-11;/h2,4,6-7,9H,3,5,8H2,1H3,(H,19,24)(H,20,21,22);1H. The maximum atomic E-state index is 12.0. The number of hydrogen-bond acceptors (Lipinski definition) is 5. The summed E-state index contributed by atoms with van der Waals surface area (Å²) in [5.74, 6) is 0.560. The number of nitrogens with one attached hydrogen (secondary N) is 2. The second-order valence-corrected chi connectivity index (χ2v) is 7.72. The van der Waals surface area contributed by atoms with E-state index in [0.717, 1.165) is 33.5 Å². The Kier molecular flexibility index (Phi) is 5.64. The first-order valence-corrected chi connectivity index (χ1v) is 9.56. The molecule has 1 aliphatic rings. The van der Waals surface area contributed by atoms with Crippen molar-refractivity contribution >= 4 is 51.5 Å². The molecule has 0 radical (unpaired) electrons. The van der Waals surface area contributed by atoms with Crippen LogP contribution in [-0.2, 0) is 20.0 Å². The van der Waals surface area contributed by atoms with E-state index in [0.29, 0.717) is 19.0 Å². The van der Waals surface area contributed by atoms with Crippen LogP contribution in [0.5, 0.6) is 0 Å². The van der Waals surface area contributed by atoms with Gasteiger partial charge in [0.15, 0.2) is 0 Å². The highest BCUT2D eigenvalue weighted by atomic mass is 79.9. The number of thiophene rings is 1. The lowest BCUT2D eigenvalue weighted by molar-refractivity contribution is 0.0945. The van der Waals surface area contributed by atoms with Crippen molar-refractivity contribution in [2.24, 2.45) is 7.05 Å². The van der Waals surface area contributed by atoms with Gasteiger partial charge in [-0.3, -0.25) is 4.79 Å². The Morgan fingerprint density at radius 2 is 2.27 bits per heavy atom. The largest absolute Gasteiger partial charge is 0.352 e. The average molecular weight is 455 g/mol. The number of carbonyl (C=O) groups is 1. The minimum Gasteiger partial charge on any atom is -0.352 e. The summed E-state index contributed by atoms with van der Waals surface area (Å²) in [7, 11) is 1.98. The molecule has 2 N–H and O–H groups in total. The predicted octanol–water partition coefficient (Wildman–Crippen LogP) is 3.63. The van der Waals surface area contributed by atoms with Crippen LogP contribution in [0.15, 0.2) is 34.2 Å². The second kappa shape index (κ2) is 7.77. The SMILES string of the molecule is Cl.Cn1c(-c2ccnc(NCc3cc(Br)cs3)n2)cc2c1CCNC2=O. The molecule has 0 atom stereocenters. The van der Waals surface area contributed by atoms with Gasteiger partial charge in [0.05, 0.1) is 23.5 Å². The molecule has 0 fully saturated rings. The van der Waals surface area contributed by atoms with E-state index in [1.54, 1.807) is 17.5 Å². The van der Waals surface area contributed by atoms with Crippen molar-refractivity contribution < 1.29 is 4.79 Å². The van der Waals surface area contributed by atoms with Crippen LogP contribution in [0.4, 0.5) is 5.95 Å². The lowest BCUT2D eigenvalue weighted by atomic mass is 10.1. The maximum absolute atomic E-state index is 12.0. The first-order valence-electron chi connectivity index (χ1n) is 7.89. The Labute approximate surface area is 169 Å². The second-order valence-electron chi connectivity index (χ2n) is 5.81. The zero-order chi connectivity index (χ0) is 17.4. The molecule has 136 valence electrons. The Balaban J connectivity index is 0.00000196. The quantitative estimate of drug-likeness (QED) is 0.631.